The predicted octanol–water partition coefficient (Wildman–Crippen LogP) is 2.95. The highest BCUT2D eigenvalue weighted by atomic mass is 32.2. The lowest BCUT2D eigenvalue weighted by Gasteiger charge is -2.15. The van der Waals surface area contributed by atoms with Crippen LogP contribution in [0.25, 0.3) is 5.69 Å². The van der Waals surface area contributed by atoms with Gasteiger partial charge in [-0.2, -0.15) is 13.2 Å². The Kier molecular flexibility index (Phi) is 5.02. The lowest BCUT2D eigenvalue weighted by Crippen LogP contribution is -2.30. The summed E-state index contributed by atoms with van der Waals surface area (Å²) in [6.07, 6.45) is -3.79. The molecule has 120 valence electrons. The molecule has 1 aromatic carbocycles. The second kappa shape index (κ2) is 6.62. The molecule has 0 aliphatic carbocycles. The number of aliphatic hydroxyl groups excluding tert-OH is 1. The molecule has 0 saturated carbocycles. The molecule has 0 spiro atoms. The Morgan fingerprint density at radius 2 is 1.91 bits per heavy atom. The SMILES string of the molecule is CN(C)c1ccc(-n2ccnc2SC[C@H](O)C(F)(F)F)cc1. The number of aliphatic hydroxyl groups is 1. The van der Waals surface area contributed by atoms with Gasteiger partial charge < -0.3 is 10.0 Å². The van der Waals surface area contributed by atoms with Gasteiger partial charge >= 0.3 is 6.18 Å². The van der Waals surface area contributed by atoms with E-state index in [2.05, 4.69) is 4.98 Å². The van der Waals surface area contributed by atoms with Gasteiger partial charge in [0.2, 0.25) is 0 Å². The van der Waals surface area contributed by atoms with Crippen molar-refractivity contribution in [2.45, 2.75) is 17.4 Å². The van der Waals surface area contributed by atoms with Crippen LogP contribution in [0, 0.1) is 0 Å². The van der Waals surface area contributed by atoms with E-state index in [0.717, 1.165) is 23.1 Å². The molecule has 1 aromatic heterocycles. The maximum atomic E-state index is 12.3. The summed E-state index contributed by atoms with van der Waals surface area (Å²) >= 11 is 0.865. The maximum Gasteiger partial charge on any atom is 0.415 e. The molecule has 0 bridgehead atoms. The molecule has 0 saturated heterocycles. The number of halogens is 3. The van der Waals surface area contributed by atoms with E-state index >= 15 is 0 Å². The van der Waals surface area contributed by atoms with Crippen LogP contribution in [-0.2, 0) is 0 Å². The molecule has 2 rings (SSSR count). The normalized spacial score (nSPS) is 13.2. The van der Waals surface area contributed by atoms with Gasteiger partial charge in [-0.25, -0.2) is 4.98 Å². The summed E-state index contributed by atoms with van der Waals surface area (Å²) < 4.78 is 38.7. The van der Waals surface area contributed by atoms with E-state index in [4.69, 9.17) is 5.11 Å². The van der Waals surface area contributed by atoms with E-state index in [9.17, 15) is 13.2 Å². The molecule has 0 amide bonds. The van der Waals surface area contributed by atoms with Crippen LogP contribution >= 0.6 is 11.8 Å². The van der Waals surface area contributed by atoms with E-state index in [-0.39, 0.29) is 0 Å². The Balaban J connectivity index is 2.12. The zero-order chi connectivity index (χ0) is 16.3. The van der Waals surface area contributed by atoms with Gasteiger partial charge in [-0.3, -0.25) is 4.57 Å². The quantitative estimate of drug-likeness (QED) is 0.856. The third kappa shape index (κ3) is 3.95. The van der Waals surface area contributed by atoms with Crippen LogP contribution in [0.2, 0.25) is 0 Å². The number of rotatable bonds is 5. The Morgan fingerprint density at radius 3 is 2.45 bits per heavy atom. The number of aromatic nitrogens is 2. The number of hydrogen-bond acceptors (Lipinski definition) is 4. The van der Waals surface area contributed by atoms with E-state index < -0.39 is 18.0 Å². The van der Waals surface area contributed by atoms with Gasteiger partial charge in [0.05, 0.1) is 0 Å². The number of anilines is 1. The van der Waals surface area contributed by atoms with E-state index in [0.29, 0.717) is 5.16 Å². The van der Waals surface area contributed by atoms with Crippen molar-refractivity contribution in [1.82, 2.24) is 9.55 Å². The third-order valence-electron chi connectivity index (χ3n) is 3.00. The lowest BCUT2D eigenvalue weighted by molar-refractivity contribution is -0.195. The summed E-state index contributed by atoms with van der Waals surface area (Å²) in [5.74, 6) is -0.490. The van der Waals surface area contributed by atoms with E-state index in [1.165, 1.54) is 6.20 Å². The summed E-state index contributed by atoms with van der Waals surface area (Å²) in [6.45, 7) is 0. The van der Waals surface area contributed by atoms with Crippen LogP contribution < -0.4 is 4.90 Å². The zero-order valence-electron chi connectivity index (χ0n) is 12.1. The fraction of sp³-hybridized carbons (Fsp3) is 0.357. The largest absolute Gasteiger partial charge is 0.415 e. The molecule has 0 radical (unpaired) electrons. The van der Waals surface area contributed by atoms with Gasteiger partial charge in [0.1, 0.15) is 0 Å². The highest BCUT2D eigenvalue weighted by Gasteiger charge is 2.38. The highest BCUT2D eigenvalue weighted by Crippen LogP contribution is 2.27. The average Bonchev–Trinajstić information content (AvgIpc) is 2.92. The molecule has 8 heteroatoms. The molecule has 22 heavy (non-hydrogen) atoms. The molecule has 1 atom stereocenters. The van der Waals surface area contributed by atoms with Crippen LogP contribution in [0.3, 0.4) is 0 Å². The summed E-state index contributed by atoms with van der Waals surface area (Å²) in [4.78, 5) is 5.99. The molecule has 4 nitrogen and oxygen atoms in total. The average molecular weight is 331 g/mol. The van der Waals surface area contributed by atoms with Gasteiger partial charge in [0.15, 0.2) is 11.3 Å². The standard InChI is InChI=1S/C14H16F3N3OS/c1-19(2)10-3-5-11(6-4-10)20-8-7-18-13(20)22-9-12(21)14(15,16)17/h3-8,12,21H,9H2,1-2H3/t12-/m0/s1. The van der Waals surface area contributed by atoms with Gasteiger partial charge in [-0.15, -0.1) is 0 Å². The molecule has 2 aromatic rings. The zero-order valence-corrected chi connectivity index (χ0v) is 12.9. The monoisotopic (exact) mass is 331 g/mol. The van der Waals surface area contributed by atoms with Gasteiger partial charge in [0, 0.05) is 43.6 Å². The van der Waals surface area contributed by atoms with E-state index in [1.54, 1.807) is 10.8 Å². The first-order chi connectivity index (χ1) is 10.3. The molecule has 0 aliphatic rings. The van der Waals surface area contributed by atoms with Crippen molar-refractivity contribution in [2.24, 2.45) is 0 Å². The molecular weight excluding hydrogens is 315 g/mol. The van der Waals surface area contributed by atoms with Crippen LogP contribution in [0.1, 0.15) is 0 Å². The predicted molar refractivity (Wildman–Crippen MR) is 80.7 cm³/mol. The number of hydrogen-bond donors (Lipinski definition) is 1. The first-order valence-corrected chi connectivity index (χ1v) is 7.46. The number of benzene rings is 1. The molecular formula is C14H16F3N3OS. The second-order valence-electron chi connectivity index (χ2n) is 4.86. The van der Waals surface area contributed by atoms with Crippen molar-refractivity contribution in [3.63, 3.8) is 0 Å². The van der Waals surface area contributed by atoms with Crippen molar-refractivity contribution in [3.05, 3.63) is 36.7 Å². The number of imidazole rings is 1. The Morgan fingerprint density at radius 1 is 1.27 bits per heavy atom. The molecule has 0 fully saturated rings. The van der Waals surface area contributed by atoms with Crippen LogP contribution in [-0.4, -0.2) is 46.8 Å². The highest BCUT2D eigenvalue weighted by molar-refractivity contribution is 7.99. The van der Waals surface area contributed by atoms with Crippen LogP contribution in [0.5, 0.6) is 0 Å². The van der Waals surface area contributed by atoms with E-state index in [1.807, 2.05) is 43.3 Å². The van der Waals surface area contributed by atoms with Crippen molar-refractivity contribution in [1.29, 1.82) is 0 Å². The lowest BCUT2D eigenvalue weighted by atomic mass is 10.2. The second-order valence-corrected chi connectivity index (χ2v) is 5.85. The minimum atomic E-state index is -4.61. The summed E-state index contributed by atoms with van der Waals surface area (Å²) in [7, 11) is 3.85. The smallest absolute Gasteiger partial charge is 0.383 e. The molecule has 1 heterocycles. The Hall–Kier alpha value is -1.67. The topological polar surface area (TPSA) is 41.3 Å². The minimum Gasteiger partial charge on any atom is -0.383 e. The molecule has 0 unspecified atom stereocenters. The van der Waals surface area contributed by atoms with Crippen LogP contribution in [0.4, 0.5) is 18.9 Å². The van der Waals surface area contributed by atoms with Gasteiger partial charge in [0.25, 0.3) is 0 Å². The Labute approximate surface area is 130 Å². The van der Waals surface area contributed by atoms with Crippen molar-refractivity contribution in [2.75, 3.05) is 24.7 Å². The maximum absolute atomic E-state index is 12.3. The Bertz CT molecular complexity index is 611. The fourth-order valence-electron chi connectivity index (χ4n) is 1.75. The van der Waals surface area contributed by atoms with Crippen molar-refractivity contribution >= 4 is 17.4 Å². The van der Waals surface area contributed by atoms with Gasteiger partial charge in [-0.1, -0.05) is 11.8 Å². The minimum absolute atomic E-state index is 0.404. The number of alkyl halides is 3. The first kappa shape index (κ1) is 16.7. The number of nitrogens with zero attached hydrogens (tertiary/aromatic N) is 3. The first-order valence-electron chi connectivity index (χ1n) is 6.47. The summed E-state index contributed by atoms with van der Waals surface area (Å²) in [5, 5.41) is 9.46. The summed E-state index contributed by atoms with van der Waals surface area (Å²) in [6, 6.07) is 7.55. The number of thioether (sulfide) groups is 1. The molecule has 1 N–H and O–H groups in total. The van der Waals surface area contributed by atoms with Gasteiger partial charge in [-0.05, 0) is 24.3 Å². The third-order valence-corrected chi connectivity index (χ3v) is 4.04. The summed E-state index contributed by atoms with van der Waals surface area (Å²) in [5.41, 5.74) is 1.82. The van der Waals surface area contributed by atoms with Crippen molar-refractivity contribution < 1.29 is 18.3 Å². The van der Waals surface area contributed by atoms with Crippen molar-refractivity contribution in [3.8, 4) is 5.69 Å². The van der Waals surface area contributed by atoms with Crippen LogP contribution in [0.15, 0.2) is 41.8 Å². The molecule has 0 aliphatic heterocycles. The fourth-order valence-corrected chi connectivity index (χ4v) is 2.69.